The highest BCUT2D eigenvalue weighted by molar-refractivity contribution is 5.92. The van der Waals surface area contributed by atoms with Gasteiger partial charge in [-0.2, -0.15) is 0 Å². The van der Waals surface area contributed by atoms with Crippen molar-refractivity contribution in [1.29, 1.82) is 0 Å². The average Bonchev–Trinajstić information content (AvgIpc) is 2.99. The highest BCUT2D eigenvalue weighted by Gasteiger charge is 2.11. The van der Waals surface area contributed by atoms with E-state index in [1.807, 2.05) is 22.9 Å². The third kappa shape index (κ3) is 2.80. The maximum atomic E-state index is 12.0. The topological polar surface area (TPSA) is 62.7 Å². The number of rotatable bonds is 5. The van der Waals surface area contributed by atoms with E-state index in [1.165, 1.54) is 0 Å². The summed E-state index contributed by atoms with van der Waals surface area (Å²) in [4.78, 5) is 19.1. The standard InChI is InChI=1S/C13H18N4O/c1-10(2)17-9-3-4-11(17)13(18)16-6-5-12-14-7-8-15-12/h3-4,7-10H,5-6H2,1-2H3,(H,14,15)(H,16,18). The Morgan fingerprint density at radius 1 is 1.56 bits per heavy atom. The van der Waals surface area contributed by atoms with Crippen LogP contribution in [0.25, 0.3) is 0 Å². The Bertz CT molecular complexity index is 499. The minimum Gasteiger partial charge on any atom is -0.350 e. The van der Waals surface area contributed by atoms with E-state index < -0.39 is 0 Å². The van der Waals surface area contributed by atoms with Crippen LogP contribution < -0.4 is 5.32 Å². The monoisotopic (exact) mass is 246 g/mol. The molecule has 0 aliphatic heterocycles. The second-order valence-electron chi connectivity index (χ2n) is 4.44. The molecule has 2 aromatic rings. The summed E-state index contributed by atoms with van der Waals surface area (Å²) in [5.74, 6) is 0.842. The van der Waals surface area contributed by atoms with Crippen LogP contribution in [0.3, 0.4) is 0 Å². The molecule has 2 aromatic heterocycles. The van der Waals surface area contributed by atoms with E-state index >= 15 is 0 Å². The molecule has 0 aliphatic rings. The lowest BCUT2D eigenvalue weighted by Gasteiger charge is -2.12. The minimum atomic E-state index is -0.0414. The molecule has 0 aliphatic carbocycles. The van der Waals surface area contributed by atoms with Gasteiger partial charge in [0.15, 0.2) is 0 Å². The maximum Gasteiger partial charge on any atom is 0.267 e. The van der Waals surface area contributed by atoms with Crippen molar-refractivity contribution in [3.63, 3.8) is 0 Å². The fourth-order valence-corrected chi connectivity index (χ4v) is 1.86. The summed E-state index contributed by atoms with van der Waals surface area (Å²) in [7, 11) is 0. The van der Waals surface area contributed by atoms with Crippen LogP contribution in [0.4, 0.5) is 0 Å². The van der Waals surface area contributed by atoms with Crippen LogP contribution in [0.5, 0.6) is 0 Å². The molecule has 2 heterocycles. The normalized spacial score (nSPS) is 10.8. The van der Waals surface area contributed by atoms with Gasteiger partial charge in [-0.3, -0.25) is 4.79 Å². The fraction of sp³-hybridized carbons (Fsp3) is 0.385. The number of nitrogens with zero attached hydrogens (tertiary/aromatic N) is 2. The molecule has 0 atom stereocenters. The van der Waals surface area contributed by atoms with Crippen molar-refractivity contribution in [2.45, 2.75) is 26.3 Å². The molecule has 0 fully saturated rings. The first-order chi connectivity index (χ1) is 8.68. The highest BCUT2D eigenvalue weighted by Crippen LogP contribution is 2.10. The molecule has 0 aromatic carbocycles. The third-order valence-electron chi connectivity index (χ3n) is 2.77. The SMILES string of the molecule is CC(C)n1cccc1C(=O)NCCc1ncc[nH]1. The van der Waals surface area contributed by atoms with Gasteiger partial charge < -0.3 is 14.9 Å². The second kappa shape index (κ2) is 5.53. The van der Waals surface area contributed by atoms with Gasteiger partial charge in [-0.1, -0.05) is 0 Å². The molecule has 0 unspecified atom stereocenters. The van der Waals surface area contributed by atoms with Crippen LogP contribution in [-0.4, -0.2) is 27.0 Å². The van der Waals surface area contributed by atoms with Gasteiger partial charge in [-0.25, -0.2) is 4.98 Å². The first-order valence-electron chi connectivity index (χ1n) is 6.12. The van der Waals surface area contributed by atoms with Gasteiger partial charge in [-0.15, -0.1) is 0 Å². The molecule has 0 bridgehead atoms. The molecule has 0 spiro atoms. The lowest BCUT2D eigenvalue weighted by molar-refractivity contribution is 0.0943. The van der Waals surface area contributed by atoms with Crippen molar-refractivity contribution in [3.05, 3.63) is 42.2 Å². The largest absolute Gasteiger partial charge is 0.350 e. The number of hydrogen-bond donors (Lipinski definition) is 2. The summed E-state index contributed by atoms with van der Waals surface area (Å²) < 4.78 is 1.96. The van der Waals surface area contributed by atoms with Crippen LogP contribution in [-0.2, 0) is 6.42 Å². The molecule has 0 radical (unpaired) electrons. The number of carbonyl (C=O) groups is 1. The summed E-state index contributed by atoms with van der Waals surface area (Å²) in [6, 6.07) is 4.01. The molecule has 18 heavy (non-hydrogen) atoms. The number of nitrogens with one attached hydrogen (secondary N) is 2. The van der Waals surface area contributed by atoms with E-state index in [1.54, 1.807) is 12.4 Å². The lowest BCUT2D eigenvalue weighted by Crippen LogP contribution is -2.28. The van der Waals surface area contributed by atoms with Gasteiger partial charge in [0, 0.05) is 37.6 Å². The summed E-state index contributed by atoms with van der Waals surface area (Å²) in [5, 5.41) is 2.90. The van der Waals surface area contributed by atoms with Crippen LogP contribution in [0.1, 0.15) is 36.2 Å². The Kier molecular flexibility index (Phi) is 3.82. The summed E-state index contributed by atoms with van der Waals surface area (Å²) in [6.45, 7) is 4.69. The summed E-state index contributed by atoms with van der Waals surface area (Å²) in [6.07, 6.45) is 6.12. The predicted molar refractivity (Wildman–Crippen MR) is 69.4 cm³/mol. The molecule has 5 heteroatoms. The second-order valence-corrected chi connectivity index (χ2v) is 4.44. The number of imidazole rings is 1. The molecule has 0 saturated heterocycles. The smallest absolute Gasteiger partial charge is 0.267 e. The van der Waals surface area contributed by atoms with Crippen molar-refractivity contribution < 1.29 is 4.79 Å². The van der Waals surface area contributed by atoms with Gasteiger partial charge in [0.1, 0.15) is 11.5 Å². The minimum absolute atomic E-state index is 0.0414. The molecule has 2 N–H and O–H groups in total. The number of aromatic amines is 1. The Hall–Kier alpha value is -2.04. The number of hydrogen-bond acceptors (Lipinski definition) is 2. The van der Waals surface area contributed by atoms with Gasteiger partial charge >= 0.3 is 0 Å². The van der Waals surface area contributed by atoms with E-state index in [4.69, 9.17) is 0 Å². The fourth-order valence-electron chi connectivity index (χ4n) is 1.86. The Labute approximate surface area is 106 Å². The predicted octanol–water partition coefficient (Wildman–Crippen LogP) is 1.76. The molecule has 2 rings (SSSR count). The number of carbonyl (C=O) groups excluding carboxylic acids is 1. The Morgan fingerprint density at radius 3 is 3.06 bits per heavy atom. The van der Waals surface area contributed by atoms with Gasteiger partial charge in [0.05, 0.1) is 0 Å². The number of H-pyrrole nitrogens is 1. The Morgan fingerprint density at radius 2 is 2.39 bits per heavy atom. The molecule has 1 amide bonds. The molecule has 5 nitrogen and oxygen atoms in total. The molecular formula is C13H18N4O. The third-order valence-corrected chi connectivity index (χ3v) is 2.77. The van der Waals surface area contributed by atoms with Crippen molar-refractivity contribution in [2.75, 3.05) is 6.54 Å². The van der Waals surface area contributed by atoms with Crippen molar-refractivity contribution >= 4 is 5.91 Å². The van der Waals surface area contributed by atoms with E-state index in [9.17, 15) is 4.79 Å². The Balaban J connectivity index is 1.89. The molecular weight excluding hydrogens is 228 g/mol. The van der Waals surface area contributed by atoms with E-state index in [0.29, 0.717) is 18.7 Å². The van der Waals surface area contributed by atoms with E-state index in [2.05, 4.69) is 29.1 Å². The zero-order valence-corrected chi connectivity index (χ0v) is 10.7. The highest BCUT2D eigenvalue weighted by atomic mass is 16.1. The zero-order valence-electron chi connectivity index (χ0n) is 10.7. The van der Waals surface area contributed by atoms with Crippen molar-refractivity contribution in [3.8, 4) is 0 Å². The maximum absolute atomic E-state index is 12.0. The molecule has 96 valence electrons. The van der Waals surface area contributed by atoms with Crippen LogP contribution in [0.2, 0.25) is 0 Å². The van der Waals surface area contributed by atoms with Crippen LogP contribution >= 0.6 is 0 Å². The van der Waals surface area contributed by atoms with Gasteiger partial charge in [0.2, 0.25) is 0 Å². The van der Waals surface area contributed by atoms with Crippen molar-refractivity contribution in [1.82, 2.24) is 19.9 Å². The average molecular weight is 246 g/mol. The van der Waals surface area contributed by atoms with Crippen LogP contribution in [0.15, 0.2) is 30.7 Å². The molecule has 0 saturated carbocycles. The quantitative estimate of drug-likeness (QED) is 0.844. The van der Waals surface area contributed by atoms with Crippen LogP contribution in [0, 0.1) is 0 Å². The van der Waals surface area contributed by atoms with Gasteiger partial charge in [-0.05, 0) is 26.0 Å². The number of amides is 1. The summed E-state index contributed by atoms with van der Waals surface area (Å²) >= 11 is 0. The van der Waals surface area contributed by atoms with Gasteiger partial charge in [0.25, 0.3) is 5.91 Å². The van der Waals surface area contributed by atoms with E-state index in [0.717, 1.165) is 5.82 Å². The first kappa shape index (κ1) is 12.4. The van der Waals surface area contributed by atoms with Crippen molar-refractivity contribution in [2.24, 2.45) is 0 Å². The van der Waals surface area contributed by atoms with E-state index in [-0.39, 0.29) is 11.9 Å². The zero-order chi connectivity index (χ0) is 13.0. The lowest BCUT2D eigenvalue weighted by atomic mass is 10.3. The number of aromatic nitrogens is 3. The first-order valence-corrected chi connectivity index (χ1v) is 6.12. The summed E-state index contributed by atoms with van der Waals surface area (Å²) in [5.41, 5.74) is 0.699.